The van der Waals surface area contributed by atoms with Crippen LogP contribution in [0.15, 0.2) is 25.2 Å². The van der Waals surface area contributed by atoms with Gasteiger partial charge in [0, 0.05) is 20.1 Å². The van der Waals surface area contributed by atoms with E-state index >= 15 is 0 Å². The van der Waals surface area contributed by atoms with Gasteiger partial charge in [-0.3, -0.25) is 4.79 Å². The normalized spacial score (nSPS) is 22.7. The Morgan fingerprint density at radius 1 is 1.35 bits per heavy atom. The molecular formula is C15H17N7O. The van der Waals surface area contributed by atoms with Crippen LogP contribution in [0.4, 0.5) is 11.8 Å². The molecule has 23 heavy (non-hydrogen) atoms. The summed E-state index contributed by atoms with van der Waals surface area (Å²) in [5.74, 6) is 1.35. The highest BCUT2D eigenvalue weighted by Crippen LogP contribution is 2.35. The summed E-state index contributed by atoms with van der Waals surface area (Å²) in [5, 5.41) is 3.03. The standard InChI is InChI=1S/C15H17N7O/c1-3-12(23)21-6-9-4-10(7-21)22(9)15-17-5-11-13(20-15)14(16-2)19-8-18-11/h3,5,8-10H,1,4,6-7H2,2H3,(H,16,18,19). The minimum absolute atomic E-state index is 0.00958. The first kappa shape index (κ1) is 13.9. The topological polar surface area (TPSA) is 87.1 Å². The SMILES string of the molecule is C=CC(=O)N1CC2CC(C1)N2c1ncc2ncnc(NC)c2n1. The zero-order valence-corrected chi connectivity index (χ0v) is 12.8. The largest absolute Gasteiger partial charge is 0.371 e. The molecule has 8 heteroatoms. The van der Waals surface area contributed by atoms with Gasteiger partial charge < -0.3 is 15.1 Å². The van der Waals surface area contributed by atoms with E-state index in [-0.39, 0.29) is 18.0 Å². The van der Waals surface area contributed by atoms with Gasteiger partial charge in [0.1, 0.15) is 17.4 Å². The van der Waals surface area contributed by atoms with Crippen molar-refractivity contribution >= 4 is 28.7 Å². The van der Waals surface area contributed by atoms with Crippen LogP contribution in [0.25, 0.3) is 11.0 Å². The number of anilines is 2. The van der Waals surface area contributed by atoms with Gasteiger partial charge in [-0.25, -0.2) is 19.9 Å². The number of aromatic nitrogens is 4. The number of nitrogens with zero attached hydrogens (tertiary/aromatic N) is 6. The molecule has 3 aliphatic heterocycles. The second kappa shape index (κ2) is 5.15. The van der Waals surface area contributed by atoms with Crippen molar-refractivity contribution in [2.24, 2.45) is 0 Å². The van der Waals surface area contributed by atoms with Crippen LogP contribution in [0.2, 0.25) is 0 Å². The van der Waals surface area contributed by atoms with Crippen molar-refractivity contribution in [3.8, 4) is 0 Å². The number of fused-ring (bicyclic) bond motifs is 3. The van der Waals surface area contributed by atoms with E-state index in [1.165, 1.54) is 12.4 Å². The lowest BCUT2D eigenvalue weighted by Gasteiger charge is -2.56. The molecule has 1 N–H and O–H groups in total. The van der Waals surface area contributed by atoms with Crippen LogP contribution >= 0.6 is 0 Å². The number of piperazine rings is 1. The number of nitrogens with one attached hydrogen (secondary N) is 1. The third kappa shape index (κ3) is 2.09. The molecule has 2 aromatic heterocycles. The minimum atomic E-state index is -0.00958. The number of piperidine rings is 1. The van der Waals surface area contributed by atoms with Crippen LogP contribution in [-0.2, 0) is 4.79 Å². The molecule has 0 saturated carbocycles. The average molecular weight is 311 g/mol. The molecule has 1 amide bonds. The van der Waals surface area contributed by atoms with Crippen molar-refractivity contribution in [1.29, 1.82) is 0 Å². The summed E-state index contributed by atoms with van der Waals surface area (Å²) in [6.45, 7) is 4.93. The number of carbonyl (C=O) groups excluding carboxylic acids is 1. The van der Waals surface area contributed by atoms with Gasteiger partial charge in [-0.1, -0.05) is 6.58 Å². The Balaban J connectivity index is 1.64. The molecule has 5 heterocycles. The molecule has 5 rings (SSSR count). The molecule has 3 fully saturated rings. The molecule has 8 nitrogen and oxygen atoms in total. The van der Waals surface area contributed by atoms with Crippen LogP contribution in [0.5, 0.6) is 0 Å². The van der Waals surface area contributed by atoms with Gasteiger partial charge in [0.05, 0.1) is 18.3 Å². The van der Waals surface area contributed by atoms with E-state index in [2.05, 4.69) is 36.7 Å². The highest BCUT2D eigenvalue weighted by Gasteiger charge is 2.46. The monoisotopic (exact) mass is 311 g/mol. The van der Waals surface area contributed by atoms with Crippen molar-refractivity contribution in [3.63, 3.8) is 0 Å². The van der Waals surface area contributed by atoms with E-state index in [9.17, 15) is 4.79 Å². The Labute approximate surface area is 133 Å². The molecule has 2 unspecified atom stereocenters. The summed E-state index contributed by atoms with van der Waals surface area (Å²) in [4.78, 5) is 33.3. The van der Waals surface area contributed by atoms with Gasteiger partial charge >= 0.3 is 0 Å². The van der Waals surface area contributed by atoms with Gasteiger partial charge in [0.25, 0.3) is 0 Å². The Morgan fingerprint density at radius 3 is 2.83 bits per heavy atom. The molecule has 2 aromatic rings. The first-order valence-corrected chi connectivity index (χ1v) is 7.56. The van der Waals surface area contributed by atoms with Crippen LogP contribution in [0.1, 0.15) is 6.42 Å². The average Bonchev–Trinajstić information content (AvgIpc) is 2.60. The Bertz CT molecular complexity index is 780. The predicted octanol–water partition coefficient (Wildman–Crippen LogP) is 0.437. The minimum Gasteiger partial charge on any atom is -0.371 e. The maximum atomic E-state index is 11.8. The molecule has 0 spiro atoms. The molecule has 2 bridgehead atoms. The summed E-state index contributed by atoms with van der Waals surface area (Å²) < 4.78 is 0. The zero-order chi connectivity index (χ0) is 16.0. The lowest BCUT2D eigenvalue weighted by molar-refractivity contribution is -0.129. The first-order chi connectivity index (χ1) is 11.2. The number of rotatable bonds is 3. The summed E-state index contributed by atoms with van der Waals surface area (Å²) >= 11 is 0. The summed E-state index contributed by atoms with van der Waals surface area (Å²) in [7, 11) is 1.81. The maximum absolute atomic E-state index is 11.8. The summed E-state index contributed by atoms with van der Waals surface area (Å²) in [6.07, 6.45) is 5.65. The third-order valence-corrected chi connectivity index (χ3v) is 4.51. The zero-order valence-electron chi connectivity index (χ0n) is 12.8. The molecule has 0 aromatic carbocycles. The van der Waals surface area contributed by atoms with Crippen molar-refractivity contribution in [2.75, 3.05) is 30.4 Å². The Morgan fingerprint density at radius 2 is 2.13 bits per heavy atom. The molecule has 3 saturated heterocycles. The molecule has 2 atom stereocenters. The molecule has 118 valence electrons. The second-order valence-corrected chi connectivity index (χ2v) is 5.77. The lowest BCUT2D eigenvalue weighted by atomic mass is 9.88. The van der Waals surface area contributed by atoms with Crippen molar-refractivity contribution < 1.29 is 4.79 Å². The van der Waals surface area contributed by atoms with E-state index in [4.69, 9.17) is 0 Å². The van der Waals surface area contributed by atoms with Crippen molar-refractivity contribution in [2.45, 2.75) is 18.5 Å². The number of amides is 1. The second-order valence-electron chi connectivity index (χ2n) is 5.77. The van der Waals surface area contributed by atoms with E-state index in [1.54, 1.807) is 13.2 Å². The van der Waals surface area contributed by atoms with Gasteiger partial charge in [0.2, 0.25) is 11.9 Å². The Kier molecular flexibility index (Phi) is 3.10. The van der Waals surface area contributed by atoms with E-state index in [0.717, 1.165) is 6.42 Å². The number of carbonyl (C=O) groups is 1. The molecule has 3 aliphatic rings. The summed E-state index contributed by atoms with van der Waals surface area (Å²) in [5.41, 5.74) is 1.42. The van der Waals surface area contributed by atoms with Gasteiger partial charge in [-0.05, 0) is 12.5 Å². The fourth-order valence-electron chi connectivity index (χ4n) is 3.40. The van der Waals surface area contributed by atoms with Crippen molar-refractivity contribution in [1.82, 2.24) is 24.8 Å². The van der Waals surface area contributed by atoms with Crippen LogP contribution in [0.3, 0.4) is 0 Å². The van der Waals surface area contributed by atoms with Crippen molar-refractivity contribution in [3.05, 3.63) is 25.2 Å². The van der Waals surface area contributed by atoms with Crippen LogP contribution in [-0.4, -0.2) is 63.0 Å². The fourth-order valence-corrected chi connectivity index (χ4v) is 3.40. The van der Waals surface area contributed by atoms with Gasteiger partial charge in [-0.15, -0.1) is 0 Å². The molecular weight excluding hydrogens is 294 g/mol. The Hall–Kier alpha value is -2.77. The van der Waals surface area contributed by atoms with Gasteiger partial charge in [-0.2, -0.15) is 0 Å². The predicted molar refractivity (Wildman–Crippen MR) is 86.1 cm³/mol. The highest BCUT2D eigenvalue weighted by molar-refractivity contribution is 5.87. The van der Waals surface area contributed by atoms with Crippen LogP contribution < -0.4 is 10.2 Å². The number of hydrogen-bond acceptors (Lipinski definition) is 7. The lowest BCUT2D eigenvalue weighted by Crippen LogP contribution is -2.70. The quantitative estimate of drug-likeness (QED) is 0.823. The highest BCUT2D eigenvalue weighted by atomic mass is 16.2. The molecule has 0 aliphatic carbocycles. The van der Waals surface area contributed by atoms with Crippen LogP contribution in [0, 0.1) is 0 Å². The van der Waals surface area contributed by atoms with E-state index < -0.39 is 0 Å². The van der Waals surface area contributed by atoms with E-state index in [0.29, 0.717) is 35.9 Å². The third-order valence-electron chi connectivity index (χ3n) is 4.51. The van der Waals surface area contributed by atoms with E-state index in [1.807, 2.05) is 4.90 Å². The fraction of sp³-hybridized carbons (Fsp3) is 0.400. The first-order valence-electron chi connectivity index (χ1n) is 7.56. The summed E-state index contributed by atoms with van der Waals surface area (Å²) in [6, 6.07) is 0.524. The smallest absolute Gasteiger partial charge is 0.246 e. The number of hydrogen-bond donors (Lipinski definition) is 1. The van der Waals surface area contributed by atoms with Gasteiger partial charge in [0.15, 0.2) is 5.82 Å². The molecule has 0 radical (unpaired) electrons. The maximum Gasteiger partial charge on any atom is 0.246 e.